The smallest absolute Gasteiger partial charge is 0.249 e. The number of amides is 1. The lowest BCUT2D eigenvalue weighted by molar-refractivity contribution is -0.303. The van der Waals surface area contributed by atoms with Gasteiger partial charge in [0.25, 0.3) is 0 Å². The Balaban J connectivity index is 2.15. The summed E-state index contributed by atoms with van der Waals surface area (Å²) in [4.78, 5) is 13.1. The fraction of sp³-hybridized carbons (Fsp3) is 0.912. The van der Waals surface area contributed by atoms with Gasteiger partial charge in [-0.2, -0.15) is 0 Å². The Hall–Kier alpha value is -1.41. The fourth-order valence-electron chi connectivity index (χ4n) is 9.26. The van der Waals surface area contributed by atoms with Gasteiger partial charge in [-0.25, -0.2) is 0 Å². The number of nitrogens with one attached hydrogen (secondary N) is 1. The molecule has 1 fully saturated rings. The third-order valence-corrected chi connectivity index (χ3v) is 14.0. The molecule has 1 saturated heterocycles. The van der Waals surface area contributed by atoms with Crippen LogP contribution in [0, 0.1) is 0 Å². The summed E-state index contributed by atoms with van der Waals surface area (Å²) in [5, 5.41) is 75.7. The average molecular weight is 968 g/mol. The Morgan fingerprint density at radius 3 is 1.28 bits per heavy atom. The van der Waals surface area contributed by atoms with Crippen LogP contribution in [0.2, 0.25) is 0 Å². The first-order chi connectivity index (χ1) is 33.2. The first kappa shape index (κ1) is 64.6. The van der Waals surface area contributed by atoms with E-state index in [4.69, 9.17) is 9.47 Å². The van der Waals surface area contributed by atoms with E-state index < -0.39 is 74.2 Å². The van der Waals surface area contributed by atoms with Crippen molar-refractivity contribution in [2.24, 2.45) is 0 Å². The predicted molar refractivity (Wildman–Crippen MR) is 279 cm³/mol. The number of hydrogen-bond donors (Lipinski definition) is 8. The molecule has 0 spiro atoms. The van der Waals surface area contributed by atoms with E-state index >= 15 is 0 Å². The monoisotopic (exact) mass is 968 g/mol. The Morgan fingerprint density at radius 1 is 0.500 bits per heavy atom. The molecule has 9 unspecified atom stereocenters. The Kier molecular flexibility index (Phi) is 44.3. The molecule has 1 heterocycles. The summed E-state index contributed by atoms with van der Waals surface area (Å²) < 4.78 is 11.1. The minimum absolute atomic E-state index is 0.256. The topological polar surface area (TPSA) is 189 Å². The van der Waals surface area contributed by atoms with Crippen LogP contribution in [-0.2, 0) is 14.3 Å². The average Bonchev–Trinajstić information content (AvgIpc) is 3.34. The van der Waals surface area contributed by atoms with Gasteiger partial charge in [-0.15, -0.1) is 0 Å². The molecule has 0 aromatic heterocycles. The minimum Gasteiger partial charge on any atom is -0.394 e. The van der Waals surface area contributed by atoms with Crippen molar-refractivity contribution in [3.8, 4) is 0 Å². The number of carbonyl (C=O) groups is 1. The molecule has 0 saturated carbocycles. The Morgan fingerprint density at radius 2 is 0.868 bits per heavy atom. The van der Waals surface area contributed by atoms with Gasteiger partial charge < -0.3 is 50.5 Å². The van der Waals surface area contributed by atoms with Crippen LogP contribution >= 0.6 is 0 Å². The van der Waals surface area contributed by atoms with Crippen molar-refractivity contribution in [3.63, 3.8) is 0 Å². The zero-order valence-corrected chi connectivity index (χ0v) is 43.9. The molecule has 1 rings (SSSR count). The van der Waals surface area contributed by atoms with Crippen LogP contribution in [0.1, 0.15) is 264 Å². The van der Waals surface area contributed by atoms with Crippen molar-refractivity contribution in [1.82, 2.24) is 5.32 Å². The molecular formula is C57H109NO10. The number of ether oxygens (including phenoxy) is 2. The summed E-state index contributed by atoms with van der Waals surface area (Å²) >= 11 is 0. The van der Waals surface area contributed by atoms with E-state index in [9.17, 15) is 40.5 Å². The van der Waals surface area contributed by atoms with E-state index in [-0.39, 0.29) is 12.8 Å². The largest absolute Gasteiger partial charge is 0.394 e. The third-order valence-electron chi connectivity index (χ3n) is 14.0. The van der Waals surface area contributed by atoms with Gasteiger partial charge in [0.2, 0.25) is 5.91 Å². The Bertz CT molecular complexity index is 1160. The fourth-order valence-corrected chi connectivity index (χ4v) is 9.26. The predicted octanol–water partition coefficient (Wildman–Crippen LogP) is 11.7. The molecule has 0 radical (unpaired) electrons. The van der Waals surface area contributed by atoms with Crippen LogP contribution in [0.25, 0.3) is 0 Å². The number of allylic oxidation sites excluding steroid dienone is 4. The maximum Gasteiger partial charge on any atom is 0.249 e. The normalized spacial score (nSPS) is 20.6. The molecule has 1 amide bonds. The van der Waals surface area contributed by atoms with Crippen LogP contribution in [0.5, 0.6) is 0 Å². The molecule has 8 N–H and O–H groups in total. The summed E-state index contributed by atoms with van der Waals surface area (Å²) in [7, 11) is 0. The summed E-state index contributed by atoms with van der Waals surface area (Å²) in [5.74, 6) is -0.706. The van der Waals surface area contributed by atoms with Gasteiger partial charge in [0, 0.05) is 0 Å². The van der Waals surface area contributed by atoms with E-state index in [2.05, 4.69) is 43.5 Å². The van der Waals surface area contributed by atoms with Crippen LogP contribution in [0.15, 0.2) is 24.3 Å². The maximum atomic E-state index is 13.1. The zero-order chi connectivity index (χ0) is 49.7. The number of aliphatic hydroxyl groups excluding tert-OH is 7. The second-order valence-electron chi connectivity index (χ2n) is 20.4. The van der Waals surface area contributed by atoms with E-state index in [1.54, 1.807) is 0 Å². The number of aliphatic hydroxyl groups is 7. The van der Waals surface area contributed by atoms with Crippen molar-refractivity contribution in [2.45, 2.75) is 319 Å². The number of carbonyl (C=O) groups excluding carboxylic acids is 1. The van der Waals surface area contributed by atoms with Gasteiger partial charge in [0.05, 0.1) is 25.4 Å². The highest BCUT2D eigenvalue weighted by Crippen LogP contribution is 2.23. The van der Waals surface area contributed by atoms with Gasteiger partial charge in [-0.05, 0) is 64.2 Å². The molecule has 11 nitrogen and oxygen atoms in total. The first-order valence-corrected chi connectivity index (χ1v) is 28.7. The molecule has 0 aromatic rings. The summed E-state index contributed by atoms with van der Waals surface area (Å²) in [5.41, 5.74) is 0. The molecule has 0 aromatic carbocycles. The molecule has 0 bridgehead atoms. The van der Waals surface area contributed by atoms with Gasteiger partial charge >= 0.3 is 0 Å². The van der Waals surface area contributed by atoms with Crippen LogP contribution in [0.3, 0.4) is 0 Å². The molecule has 0 aliphatic carbocycles. The molecule has 1 aliphatic rings. The number of unbranched alkanes of at least 4 members (excludes halogenated alkanes) is 33. The lowest BCUT2D eigenvalue weighted by atomic mass is 9.98. The van der Waals surface area contributed by atoms with Gasteiger partial charge in [0.15, 0.2) is 6.29 Å². The standard InChI is InChI=1S/C57H109NO10/c1-3-5-7-9-11-13-14-15-16-17-18-19-20-21-22-23-24-25-26-27-28-29-30-31-32-33-34-35-37-39-41-43-45-50(61)56(66)58-48(47-67-57-55(65)54(64)53(63)51(46-59)68-57)52(62)49(60)44-42-40-38-36-12-10-8-6-4-2/h21-22,36,38,48-55,57,59-65H,3-20,23-35,37,39-47H2,1-2H3,(H,58,66)/b22-21-,38-36+. The Labute approximate surface area is 416 Å². The van der Waals surface area contributed by atoms with E-state index in [1.807, 2.05) is 0 Å². The van der Waals surface area contributed by atoms with Crippen LogP contribution in [-0.4, -0.2) is 110 Å². The molecule has 9 atom stereocenters. The first-order valence-electron chi connectivity index (χ1n) is 28.7. The van der Waals surface area contributed by atoms with Gasteiger partial charge in [-0.3, -0.25) is 4.79 Å². The third kappa shape index (κ3) is 34.8. The zero-order valence-electron chi connectivity index (χ0n) is 43.9. The minimum atomic E-state index is -1.66. The van der Waals surface area contributed by atoms with Crippen molar-refractivity contribution in [2.75, 3.05) is 13.2 Å². The summed E-state index contributed by atoms with van der Waals surface area (Å²) in [6, 6.07) is -1.18. The number of rotatable bonds is 49. The van der Waals surface area contributed by atoms with Crippen molar-refractivity contribution >= 4 is 5.91 Å². The van der Waals surface area contributed by atoms with E-state index in [0.717, 1.165) is 38.5 Å². The van der Waals surface area contributed by atoms with Gasteiger partial charge in [0.1, 0.15) is 36.6 Å². The molecule has 1 aliphatic heterocycles. The second-order valence-corrected chi connectivity index (χ2v) is 20.4. The summed E-state index contributed by atoms with van der Waals surface area (Å²) in [6.07, 6.45) is 44.3. The lowest BCUT2D eigenvalue weighted by Gasteiger charge is -2.40. The molecule has 11 heteroatoms. The van der Waals surface area contributed by atoms with Crippen LogP contribution in [0.4, 0.5) is 0 Å². The molecular weight excluding hydrogens is 859 g/mol. The highest BCUT2D eigenvalue weighted by Gasteiger charge is 2.44. The molecule has 68 heavy (non-hydrogen) atoms. The highest BCUT2D eigenvalue weighted by atomic mass is 16.7. The number of hydrogen-bond acceptors (Lipinski definition) is 10. The van der Waals surface area contributed by atoms with Crippen molar-refractivity contribution in [1.29, 1.82) is 0 Å². The van der Waals surface area contributed by atoms with E-state index in [1.165, 1.54) is 186 Å². The SMILES string of the molecule is CCCCCC/C=C/CCCC(O)C(O)C(COC1OC(CO)C(O)C(O)C1O)NC(=O)C(O)CCCCCCCCCCCCCCCCCC/C=C\CCCCCCCCCCCCCC. The van der Waals surface area contributed by atoms with E-state index in [0.29, 0.717) is 12.8 Å². The summed E-state index contributed by atoms with van der Waals surface area (Å²) in [6.45, 7) is 3.40. The quantitative estimate of drug-likeness (QED) is 0.0215. The van der Waals surface area contributed by atoms with Crippen molar-refractivity contribution in [3.05, 3.63) is 24.3 Å². The maximum absolute atomic E-state index is 13.1. The van der Waals surface area contributed by atoms with Gasteiger partial charge in [-0.1, -0.05) is 224 Å². The molecule has 402 valence electrons. The lowest BCUT2D eigenvalue weighted by Crippen LogP contribution is -2.60. The van der Waals surface area contributed by atoms with Crippen LogP contribution < -0.4 is 5.32 Å². The highest BCUT2D eigenvalue weighted by molar-refractivity contribution is 5.80. The second kappa shape index (κ2) is 46.6. The van der Waals surface area contributed by atoms with Crippen molar-refractivity contribution < 1.29 is 50.0 Å².